The zero-order valence-electron chi connectivity index (χ0n) is 10.7. The van der Waals surface area contributed by atoms with Crippen molar-refractivity contribution >= 4 is 0 Å². The van der Waals surface area contributed by atoms with Gasteiger partial charge in [0.05, 0.1) is 0 Å². The first-order chi connectivity index (χ1) is 8.34. The van der Waals surface area contributed by atoms with Gasteiger partial charge in [-0.05, 0) is 37.3 Å². The highest BCUT2D eigenvalue weighted by Gasteiger charge is 2.28. The first kappa shape index (κ1) is 11.2. The molecule has 1 saturated heterocycles. The van der Waals surface area contributed by atoms with E-state index in [-0.39, 0.29) is 0 Å². The number of benzene rings is 1. The van der Waals surface area contributed by atoms with Crippen molar-refractivity contribution in [1.82, 2.24) is 10.2 Å². The maximum atomic E-state index is 3.48. The summed E-state index contributed by atoms with van der Waals surface area (Å²) in [6.07, 6.45) is 3.85. The van der Waals surface area contributed by atoms with E-state index in [4.69, 9.17) is 0 Å². The molecular formula is C15H22N2. The summed E-state index contributed by atoms with van der Waals surface area (Å²) >= 11 is 0. The molecule has 1 aromatic rings. The van der Waals surface area contributed by atoms with Crippen LogP contribution >= 0.6 is 0 Å². The third kappa shape index (κ3) is 2.24. The van der Waals surface area contributed by atoms with Gasteiger partial charge in [-0.1, -0.05) is 24.3 Å². The molecule has 1 heterocycles. The lowest BCUT2D eigenvalue weighted by atomic mass is 9.87. The second-order valence-electron chi connectivity index (χ2n) is 5.46. The lowest BCUT2D eigenvalue weighted by molar-refractivity contribution is 0.106. The number of nitrogens with one attached hydrogen (secondary N) is 1. The van der Waals surface area contributed by atoms with E-state index in [1.54, 1.807) is 11.1 Å². The molecule has 0 spiro atoms. The van der Waals surface area contributed by atoms with E-state index in [1.807, 2.05) is 0 Å². The van der Waals surface area contributed by atoms with Gasteiger partial charge >= 0.3 is 0 Å². The monoisotopic (exact) mass is 230 g/mol. The molecule has 2 atom stereocenters. The van der Waals surface area contributed by atoms with Crippen LogP contribution in [-0.2, 0) is 12.8 Å². The predicted molar refractivity (Wildman–Crippen MR) is 71.3 cm³/mol. The zero-order valence-corrected chi connectivity index (χ0v) is 10.7. The van der Waals surface area contributed by atoms with Crippen molar-refractivity contribution in [2.45, 2.75) is 38.3 Å². The van der Waals surface area contributed by atoms with Crippen LogP contribution in [0.2, 0.25) is 0 Å². The fraction of sp³-hybridized carbons (Fsp3) is 0.600. The molecule has 0 bridgehead atoms. The van der Waals surface area contributed by atoms with E-state index in [9.17, 15) is 0 Å². The number of nitrogens with zero attached hydrogens (tertiary/aromatic N) is 1. The Labute approximate surface area is 104 Å². The van der Waals surface area contributed by atoms with Crippen LogP contribution in [0.3, 0.4) is 0 Å². The summed E-state index contributed by atoms with van der Waals surface area (Å²) in [5, 5.41) is 3.48. The highest BCUT2D eigenvalue weighted by atomic mass is 15.2. The van der Waals surface area contributed by atoms with Crippen LogP contribution in [0.15, 0.2) is 24.3 Å². The van der Waals surface area contributed by atoms with E-state index in [0.717, 1.165) is 19.1 Å². The second-order valence-corrected chi connectivity index (χ2v) is 5.46. The molecule has 2 heteroatoms. The molecule has 2 unspecified atom stereocenters. The Morgan fingerprint density at radius 3 is 2.88 bits per heavy atom. The van der Waals surface area contributed by atoms with Gasteiger partial charge in [0.1, 0.15) is 0 Å². The fourth-order valence-corrected chi connectivity index (χ4v) is 3.36. The van der Waals surface area contributed by atoms with Gasteiger partial charge in [0.15, 0.2) is 0 Å². The number of hydrogen-bond acceptors (Lipinski definition) is 2. The minimum atomic E-state index is 0.694. The maximum absolute atomic E-state index is 3.48. The van der Waals surface area contributed by atoms with E-state index in [0.29, 0.717) is 6.04 Å². The smallest absolute Gasteiger partial charge is 0.0195 e. The van der Waals surface area contributed by atoms with E-state index in [2.05, 4.69) is 41.4 Å². The lowest BCUT2D eigenvalue weighted by Gasteiger charge is -2.42. The lowest BCUT2D eigenvalue weighted by Crippen LogP contribution is -2.55. The molecule has 1 fully saturated rings. The van der Waals surface area contributed by atoms with Crippen molar-refractivity contribution in [3.8, 4) is 0 Å². The molecule has 0 amide bonds. The minimum absolute atomic E-state index is 0.694. The molecule has 1 aromatic carbocycles. The summed E-state index contributed by atoms with van der Waals surface area (Å²) in [6, 6.07) is 10.4. The van der Waals surface area contributed by atoms with Crippen LogP contribution in [-0.4, -0.2) is 36.6 Å². The summed E-state index contributed by atoms with van der Waals surface area (Å²) < 4.78 is 0. The molecule has 92 valence electrons. The minimum Gasteiger partial charge on any atom is -0.314 e. The topological polar surface area (TPSA) is 15.3 Å². The second kappa shape index (κ2) is 4.79. The molecule has 17 heavy (non-hydrogen) atoms. The van der Waals surface area contributed by atoms with Crippen LogP contribution in [0.5, 0.6) is 0 Å². The molecule has 1 aliphatic carbocycles. The summed E-state index contributed by atoms with van der Waals surface area (Å²) in [5.74, 6) is 0. The molecular weight excluding hydrogens is 208 g/mol. The Bertz CT molecular complexity index is 388. The molecule has 0 aromatic heterocycles. The van der Waals surface area contributed by atoms with Gasteiger partial charge in [-0.15, -0.1) is 0 Å². The standard InChI is InChI=1S/C15H22N2/c1-12-11-16-8-9-17(12)15-7-6-13-4-2-3-5-14(13)10-15/h2-5,12,15-16H,6-11H2,1H3. The Morgan fingerprint density at radius 1 is 1.24 bits per heavy atom. The Kier molecular flexibility index (Phi) is 3.17. The summed E-state index contributed by atoms with van der Waals surface area (Å²) in [4.78, 5) is 2.71. The van der Waals surface area contributed by atoms with Gasteiger partial charge in [0, 0.05) is 31.7 Å². The van der Waals surface area contributed by atoms with Gasteiger partial charge in [0.2, 0.25) is 0 Å². The van der Waals surface area contributed by atoms with Crippen molar-refractivity contribution < 1.29 is 0 Å². The third-order valence-corrected chi connectivity index (χ3v) is 4.34. The number of fused-ring (bicyclic) bond motifs is 1. The zero-order chi connectivity index (χ0) is 11.7. The van der Waals surface area contributed by atoms with Crippen LogP contribution < -0.4 is 5.32 Å². The molecule has 0 saturated carbocycles. The predicted octanol–water partition coefficient (Wildman–Crippen LogP) is 1.84. The third-order valence-electron chi connectivity index (χ3n) is 4.34. The van der Waals surface area contributed by atoms with Gasteiger partial charge in [-0.2, -0.15) is 0 Å². The van der Waals surface area contributed by atoms with Gasteiger partial charge in [0.25, 0.3) is 0 Å². The maximum Gasteiger partial charge on any atom is 0.0195 e. The van der Waals surface area contributed by atoms with Crippen LogP contribution in [0.1, 0.15) is 24.5 Å². The quantitative estimate of drug-likeness (QED) is 0.792. The average molecular weight is 230 g/mol. The van der Waals surface area contributed by atoms with Crippen molar-refractivity contribution in [3.05, 3.63) is 35.4 Å². The Balaban J connectivity index is 1.75. The molecule has 0 radical (unpaired) electrons. The van der Waals surface area contributed by atoms with E-state index in [1.165, 1.54) is 25.8 Å². The highest BCUT2D eigenvalue weighted by molar-refractivity contribution is 5.30. The number of rotatable bonds is 1. The van der Waals surface area contributed by atoms with Crippen LogP contribution in [0, 0.1) is 0 Å². The molecule has 3 rings (SSSR count). The van der Waals surface area contributed by atoms with Gasteiger partial charge in [-0.25, -0.2) is 0 Å². The SMILES string of the molecule is CC1CNCCN1C1CCc2ccccc2C1. The fourth-order valence-electron chi connectivity index (χ4n) is 3.36. The average Bonchev–Trinajstić information content (AvgIpc) is 2.39. The van der Waals surface area contributed by atoms with Crippen molar-refractivity contribution in [1.29, 1.82) is 0 Å². The van der Waals surface area contributed by atoms with Crippen LogP contribution in [0.25, 0.3) is 0 Å². The largest absolute Gasteiger partial charge is 0.314 e. The summed E-state index contributed by atoms with van der Waals surface area (Å²) in [6.45, 7) is 5.88. The normalized spacial score (nSPS) is 29.9. The first-order valence-electron chi connectivity index (χ1n) is 6.88. The molecule has 2 aliphatic rings. The van der Waals surface area contributed by atoms with Crippen LogP contribution in [0.4, 0.5) is 0 Å². The number of piperazine rings is 1. The summed E-state index contributed by atoms with van der Waals surface area (Å²) in [7, 11) is 0. The first-order valence-corrected chi connectivity index (χ1v) is 6.88. The van der Waals surface area contributed by atoms with Crippen molar-refractivity contribution in [2.75, 3.05) is 19.6 Å². The molecule has 1 aliphatic heterocycles. The Hall–Kier alpha value is -0.860. The van der Waals surface area contributed by atoms with Gasteiger partial charge < -0.3 is 5.32 Å². The Morgan fingerprint density at radius 2 is 2.06 bits per heavy atom. The van der Waals surface area contributed by atoms with Crippen molar-refractivity contribution in [2.24, 2.45) is 0 Å². The summed E-state index contributed by atoms with van der Waals surface area (Å²) in [5.41, 5.74) is 3.15. The highest BCUT2D eigenvalue weighted by Crippen LogP contribution is 2.25. The number of hydrogen-bond donors (Lipinski definition) is 1. The van der Waals surface area contributed by atoms with Gasteiger partial charge in [-0.3, -0.25) is 4.90 Å². The van der Waals surface area contributed by atoms with E-state index < -0.39 is 0 Å². The molecule has 2 nitrogen and oxygen atoms in total. The number of aryl methyl sites for hydroxylation is 1. The molecule has 1 N–H and O–H groups in total. The van der Waals surface area contributed by atoms with Crippen molar-refractivity contribution in [3.63, 3.8) is 0 Å². The van der Waals surface area contributed by atoms with E-state index >= 15 is 0 Å².